The number of aliphatic carboxylic acids is 1. The first-order valence-corrected chi connectivity index (χ1v) is 7.77. The van der Waals surface area contributed by atoms with Crippen molar-refractivity contribution in [1.29, 1.82) is 0 Å². The third-order valence-corrected chi connectivity index (χ3v) is 4.47. The summed E-state index contributed by atoms with van der Waals surface area (Å²) in [4.78, 5) is 24.9. The lowest BCUT2D eigenvalue weighted by Crippen LogP contribution is -2.49. The second-order valence-corrected chi connectivity index (χ2v) is 6.05. The summed E-state index contributed by atoms with van der Waals surface area (Å²) in [7, 11) is 1.73. The van der Waals surface area contributed by atoms with Gasteiger partial charge in [-0.1, -0.05) is 12.8 Å². The Morgan fingerprint density at radius 2 is 2.20 bits per heavy atom. The molecule has 110 valence electrons. The Hall–Kier alpha value is -1.56. The Kier molecular flexibility index (Phi) is 5.00. The van der Waals surface area contributed by atoms with Crippen molar-refractivity contribution in [3.8, 4) is 0 Å². The van der Waals surface area contributed by atoms with E-state index in [-0.39, 0.29) is 12.1 Å². The highest BCUT2D eigenvalue weighted by Gasteiger charge is 2.32. The van der Waals surface area contributed by atoms with Crippen molar-refractivity contribution in [3.63, 3.8) is 0 Å². The Labute approximate surface area is 122 Å². The number of urea groups is 1. The second kappa shape index (κ2) is 6.74. The summed E-state index contributed by atoms with van der Waals surface area (Å²) in [5.74, 6) is -1.27. The number of carboxylic acids is 1. The monoisotopic (exact) mass is 296 g/mol. The summed E-state index contributed by atoms with van der Waals surface area (Å²) in [5, 5.41) is 16.1. The van der Waals surface area contributed by atoms with Crippen LogP contribution in [-0.2, 0) is 11.3 Å². The van der Waals surface area contributed by atoms with Crippen LogP contribution in [0.15, 0.2) is 16.8 Å². The summed E-state index contributed by atoms with van der Waals surface area (Å²) < 4.78 is 0. The van der Waals surface area contributed by atoms with E-state index in [1.807, 2.05) is 16.8 Å². The Bertz CT molecular complexity index is 461. The van der Waals surface area contributed by atoms with Crippen LogP contribution in [0.3, 0.4) is 0 Å². The maximum atomic E-state index is 12.1. The molecule has 1 aliphatic rings. The van der Waals surface area contributed by atoms with Gasteiger partial charge >= 0.3 is 12.0 Å². The van der Waals surface area contributed by atoms with E-state index in [0.717, 1.165) is 24.8 Å². The fourth-order valence-corrected chi connectivity index (χ4v) is 3.26. The number of rotatable bonds is 4. The average Bonchev–Trinajstić information content (AvgIpc) is 2.91. The maximum Gasteiger partial charge on any atom is 0.317 e. The molecule has 2 amide bonds. The first-order valence-electron chi connectivity index (χ1n) is 6.83. The predicted octanol–water partition coefficient (Wildman–Crippen LogP) is 2.53. The summed E-state index contributed by atoms with van der Waals surface area (Å²) in [6, 6.07) is 1.53. The number of carbonyl (C=O) groups excluding carboxylic acids is 1. The lowest BCUT2D eigenvalue weighted by Gasteiger charge is -2.31. The zero-order valence-corrected chi connectivity index (χ0v) is 12.4. The van der Waals surface area contributed by atoms with Gasteiger partial charge in [-0.05, 0) is 35.2 Å². The van der Waals surface area contributed by atoms with Crippen LogP contribution in [0, 0.1) is 5.92 Å². The van der Waals surface area contributed by atoms with Crippen molar-refractivity contribution in [1.82, 2.24) is 10.2 Å². The molecule has 5 nitrogen and oxygen atoms in total. The van der Waals surface area contributed by atoms with Gasteiger partial charge in [0.15, 0.2) is 0 Å². The smallest absolute Gasteiger partial charge is 0.317 e. The van der Waals surface area contributed by atoms with Crippen LogP contribution in [0.2, 0.25) is 0 Å². The van der Waals surface area contributed by atoms with Crippen LogP contribution in [0.1, 0.15) is 31.2 Å². The summed E-state index contributed by atoms with van der Waals surface area (Å²) in [5.41, 5.74) is 1.09. The van der Waals surface area contributed by atoms with E-state index in [0.29, 0.717) is 13.0 Å². The fraction of sp³-hybridized carbons (Fsp3) is 0.571. The third-order valence-electron chi connectivity index (χ3n) is 3.74. The number of hydrogen-bond acceptors (Lipinski definition) is 3. The SMILES string of the molecule is CN(Cc1ccsc1)C(=O)NC1CCCCC1C(=O)O. The van der Waals surface area contributed by atoms with Gasteiger partial charge in [0.2, 0.25) is 0 Å². The molecule has 1 aromatic heterocycles. The van der Waals surface area contributed by atoms with Crippen LogP contribution in [-0.4, -0.2) is 35.1 Å². The van der Waals surface area contributed by atoms with Crippen LogP contribution >= 0.6 is 11.3 Å². The van der Waals surface area contributed by atoms with Crippen LogP contribution in [0.4, 0.5) is 4.79 Å². The molecular weight excluding hydrogens is 276 g/mol. The molecular formula is C14H20N2O3S. The van der Waals surface area contributed by atoms with E-state index in [2.05, 4.69) is 5.32 Å². The molecule has 0 aromatic carbocycles. The highest BCUT2D eigenvalue weighted by molar-refractivity contribution is 7.07. The third kappa shape index (κ3) is 3.72. The molecule has 0 bridgehead atoms. The number of carbonyl (C=O) groups is 2. The van der Waals surface area contributed by atoms with Gasteiger partial charge in [0, 0.05) is 19.6 Å². The van der Waals surface area contributed by atoms with Gasteiger partial charge in [-0.25, -0.2) is 4.79 Å². The van der Waals surface area contributed by atoms with Gasteiger partial charge in [0.25, 0.3) is 0 Å². The van der Waals surface area contributed by atoms with E-state index >= 15 is 0 Å². The number of thiophene rings is 1. The van der Waals surface area contributed by atoms with Gasteiger partial charge < -0.3 is 15.3 Å². The highest BCUT2D eigenvalue weighted by atomic mass is 32.1. The number of carboxylic acid groups (broad SMARTS) is 1. The van der Waals surface area contributed by atoms with Crippen LogP contribution in [0.5, 0.6) is 0 Å². The zero-order valence-electron chi connectivity index (χ0n) is 11.5. The Balaban J connectivity index is 1.90. The van der Waals surface area contributed by atoms with Gasteiger partial charge in [-0.2, -0.15) is 11.3 Å². The molecule has 6 heteroatoms. The van der Waals surface area contributed by atoms with Crippen molar-refractivity contribution in [2.75, 3.05) is 7.05 Å². The van der Waals surface area contributed by atoms with E-state index in [4.69, 9.17) is 0 Å². The van der Waals surface area contributed by atoms with Crippen molar-refractivity contribution in [3.05, 3.63) is 22.4 Å². The molecule has 1 fully saturated rings. The lowest BCUT2D eigenvalue weighted by atomic mass is 9.84. The first kappa shape index (κ1) is 14.8. The summed E-state index contributed by atoms with van der Waals surface area (Å²) in [6.07, 6.45) is 3.29. The van der Waals surface area contributed by atoms with Crippen LogP contribution < -0.4 is 5.32 Å². The van der Waals surface area contributed by atoms with Gasteiger partial charge in [-0.3, -0.25) is 4.79 Å². The lowest BCUT2D eigenvalue weighted by molar-refractivity contribution is -0.143. The van der Waals surface area contributed by atoms with Crippen molar-refractivity contribution in [2.45, 2.75) is 38.3 Å². The minimum absolute atomic E-state index is 0.200. The minimum Gasteiger partial charge on any atom is -0.481 e. The molecule has 20 heavy (non-hydrogen) atoms. The van der Waals surface area contributed by atoms with E-state index in [1.165, 1.54) is 0 Å². The molecule has 0 spiro atoms. The number of amides is 2. The molecule has 1 heterocycles. The normalized spacial score (nSPS) is 22.2. The highest BCUT2D eigenvalue weighted by Crippen LogP contribution is 2.24. The fourth-order valence-electron chi connectivity index (χ4n) is 2.60. The average molecular weight is 296 g/mol. The van der Waals surface area contributed by atoms with Crippen molar-refractivity contribution < 1.29 is 14.7 Å². The Morgan fingerprint density at radius 1 is 1.45 bits per heavy atom. The van der Waals surface area contributed by atoms with Crippen LogP contribution in [0.25, 0.3) is 0 Å². The maximum absolute atomic E-state index is 12.1. The molecule has 2 unspecified atom stereocenters. The summed E-state index contributed by atoms with van der Waals surface area (Å²) >= 11 is 1.60. The largest absolute Gasteiger partial charge is 0.481 e. The minimum atomic E-state index is -0.810. The first-order chi connectivity index (χ1) is 9.58. The van der Waals surface area contributed by atoms with Gasteiger partial charge in [0.05, 0.1) is 5.92 Å². The van der Waals surface area contributed by atoms with Gasteiger partial charge in [0.1, 0.15) is 0 Å². The number of nitrogens with zero attached hydrogens (tertiary/aromatic N) is 1. The summed E-state index contributed by atoms with van der Waals surface area (Å²) in [6.45, 7) is 0.541. The number of nitrogens with one attached hydrogen (secondary N) is 1. The molecule has 0 saturated heterocycles. The molecule has 0 aliphatic heterocycles. The van der Waals surface area contributed by atoms with Crippen molar-refractivity contribution in [2.24, 2.45) is 5.92 Å². The Morgan fingerprint density at radius 3 is 2.85 bits per heavy atom. The van der Waals surface area contributed by atoms with E-state index in [9.17, 15) is 14.7 Å². The van der Waals surface area contributed by atoms with Crippen molar-refractivity contribution >= 4 is 23.3 Å². The zero-order chi connectivity index (χ0) is 14.5. The molecule has 2 atom stereocenters. The number of hydrogen-bond donors (Lipinski definition) is 2. The van der Waals surface area contributed by atoms with E-state index in [1.54, 1.807) is 23.3 Å². The standard InChI is InChI=1S/C14H20N2O3S/c1-16(8-10-6-7-20-9-10)14(19)15-12-5-3-2-4-11(12)13(17)18/h6-7,9,11-12H,2-5,8H2,1H3,(H,15,19)(H,17,18). The quantitative estimate of drug-likeness (QED) is 0.897. The molecule has 1 saturated carbocycles. The van der Waals surface area contributed by atoms with Gasteiger partial charge in [-0.15, -0.1) is 0 Å². The molecule has 2 N–H and O–H groups in total. The molecule has 1 aromatic rings. The van der Waals surface area contributed by atoms with E-state index < -0.39 is 11.9 Å². The molecule has 2 rings (SSSR count). The predicted molar refractivity (Wildman–Crippen MR) is 77.7 cm³/mol. The second-order valence-electron chi connectivity index (χ2n) is 5.27. The molecule has 0 radical (unpaired) electrons. The molecule has 1 aliphatic carbocycles. The topological polar surface area (TPSA) is 69.6 Å².